The molecular weight excluding hydrogens is 388 g/mol. The summed E-state index contributed by atoms with van der Waals surface area (Å²) in [5.74, 6) is 0. The molecule has 2 heterocycles. The van der Waals surface area contributed by atoms with Gasteiger partial charge in [-0.3, -0.25) is 9.69 Å². The Morgan fingerprint density at radius 3 is 2.59 bits per heavy atom. The van der Waals surface area contributed by atoms with Crippen molar-refractivity contribution in [2.45, 2.75) is 13.1 Å². The smallest absolute Gasteiger partial charge is 0.292 e. The Bertz CT molecular complexity index is 1020. The predicted molar refractivity (Wildman–Crippen MR) is 115 cm³/mol. The summed E-state index contributed by atoms with van der Waals surface area (Å²) >= 11 is 6.32. The maximum Gasteiger partial charge on any atom is 0.292 e. The molecule has 7 heteroatoms. The highest BCUT2D eigenvalue weighted by atomic mass is 35.5. The van der Waals surface area contributed by atoms with Gasteiger partial charge in [-0.15, -0.1) is 0 Å². The van der Waals surface area contributed by atoms with Gasteiger partial charge in [-0.2, -0.15) is 9.78 Å². The molecule has 4 rings (SSSR count). The molecule has 1 fully saturated rings. The second-order valence-corrected chi connectivity index (χ2v) is 7.36. The van der Waals surface area contributed by atoms with Crippen LogP contribution in [0.5, 0.6) is 0 Å². The number of rotatable bonds is 6. The number of nitrogens with zero attached hydrogens (tertiary/aromatic N) is 3. The molecule has 1 aliphatic rings. The van der Waals surface area contributed by atoms with Gasteiger partial charge in [0.1, 0.15) is 5.02 Å². The minimum absolute atomic E-state index is 0.133. The number of morpholine rings is 1. The summed E-state index contributed by atoms with van der Waals surface area (Å²) in [6, 6.07) is 17.7. The van der Waals surface area contributed by atoms with Crippen LogP contribution in [0.15, 0.2) is 65.6 Å². The zero-order valence-corrected chi connectivity index (χ0v) is 16.8. The van der Waals surface area contributed by atoms with Gasteiger partial charge in [0.25, 0.3) is 5.56 Å². The normalized spacial score (nSPS) is 14.7. The maximum atomic E-state index is 12.6. The summed E-state index contributed by atoms with van der Waals surface area (Å²) < 4.78 is 6.71. The van der Waals surface area contributed by atoms with E-state index in [0.29, 0.717) is 17.9 Å². The van der Waals surface area contributed by atoms with Crippen LogP contribution >= 0.6 is 11.6 Å². The Hall–Kier alpha value is -2.67. The Labute approximate surface area is 174 Å². The molecule has 0 unspecified atom stereocenters. The largest absolute Gasteiger partial charge is 0.379 e. The lowest BCUT2D eigenvalue weighted by Gasteiger charge is -2.26. The molecule has 0 bridgehead atoms. The van der Waals surface area contributed by atoms with E-state index in [0.717, 1.165) is 38.4 Å². The molecule has 1 N–H and O–H groups in total. The molecule has 2 aromatic carbocycles. The first-order valence-electron chi connectivity index (χ1n) is 9.66. The van der Waals surface area contributed by atoms with Crippen molar-refractivity contribution < 1.29 is 4.74 Å². The van der Waals surface area contributed by atoms with Crippen molar-refractivity contribution in [1.82, 2.24) is 14.7 Å². The number of ether oxygens (including phenoxy) is 1. The van der Waals surface area contributed by atoms with Gasteiger partial charge in [-0.1, -0.05) is 54.1 Å². The summed E-state index contributed by atoms with van der Waals surface area (Å²) in [5, 5.41) is 7.63. The molecule has 0 spiro atoms. The van der Waals surface area contributed by atoms with Crippen LogP contribution in [-0.2, 0) is 17.8 Å². The zero-order valence-electron chi connectivity index (χ0n) is 16.1. The first-order chi connectivity index (χ1) is 14.2. The predicted octanol–water partition coefficient (Wildman–Crippen LogP) is 3.33. The standard InChI is InChI=1S/C22H23ClN4O2/c23-21-20(15-25-27(22(21)28)19-7-2-1-3-8-19)24-14-17-5-4-6-18(13-17)16-26-9-11-29-12-10-26/h1-8,13,15,24H,9-12,14,16H2. The van der Waals surface area contributed by atoms with Crippen molar-refractivity contribution in [2.75, 3.05) is 31.6 Å². The van der Waals surface area contributed by atoms with E-state index in [-0.39, 0.29) is 10.6 Å². The minimum atomic E-state index is -0.344. The van der Waals surface area contributed by atoms with Gasteiger partial charge in [0, 0.05) is 26.2 Å². The lowest BCUT2D eigenvalue weighted by molar-refractivity contribution is 0.0342. The molecular formula is C22H23ClN4O2. The summed E-state index contributed by atoms with van der Waals surface area (Å²) in [6.45, 7) is 4.98. The van der Waals surface area contributed by atoms with Crippen LogP contribution in [0.1, 0.15) is 11.1 Å². The summed E-state index contributed by atoms with van der Waals surface area (Å²) in [4.78, 5) is 15.0. The van der Waals surface area contributed by atoms with E-state index in [1.54, 1.807) is 6.20 Å². The van der Waals surface area contributed by atoms with E-state index < -0.39 is 0 Å². The van der Waals surface area contributed by atoms with Crippen molar-refractivity contribution in [3.63, 3.8) is 0 Å². The Kier molecular flexibility index (Phi) is 6.24. The number of hydrogen-bond donors (Lipinski definition) is 1. The van der Waals surface area contributed by atoms with E-state index in [1.807, 2.05) is 30.3 Å². The van der Waals surface area contributed by atoms with E-state index in [1.165, 1.54) is 10.2 Å². The van der Waals surface area contributed by atoms with Gasteiger partial charge in [0.15, 0.2) is 0 Å². The van der Waals surface area contributed by atoms with Crippen LogP contribution in [0, 0.1) is 0 Å². The SMILES string of the molecule is O=c1c(Cl)c(NCc2cccc(CN3CCOCC3)c2)cnn1-c1ccccc1. The number of aromatic nitrogens is 2. The number of para-hydroxylation sites is 1. The summed E-state index contributed by atoms with van der Waals surface area (Å²) in [5.41, 5.74) is 3.25. The first kappa shape index (κ1) is 19.6. The second-order valence-electron chi connectivity index (χ2n) is 6.99. The van der Waals surface area contributed by atoms with Crippen LogP contribution in [-0.4, -0.2) is 41.0 Å². The van der Waals surface area contributed by atoms with Crippen LogP contribution in [0.2, 0.25) is 5.02 Å². The molecule has 0 atom stereocenters. The quantitative estimate of drug-likeness (QED) is 0.675. The van der Waals surface area contributed by atoms with Crippen LogP contribution in [0.4, 0.5) is 5.69 Å². The third kappa shape index (κ3) is 4.85. The van der Waals surface area contributed by atoms with Crippen LogP contribution < -0.4 is 10.9 Å². The lowest BCUT2D eigenvalue weighted by atomic mass is 10.1. The maximum absolute atomic E-state index is 12.6. The fourth-order valence-electron chi connectivity index (χ4n) is 3.36. The Balaban J connectivity index is 1.44. The summed E-state index contributed by atoms with van der Waals surface area (Å²) in [6.07, 6.45) is 1.59. The molecule has 29 heavy (non-hydrogen) atoms. The van der Waals surface area contributed by atoms with Crippen LogP contribution in [0.25, 0.3) is 5.69 Å². The first-order valence-corrected chi connectivity index (χ1v) is 10.0. The fraction of sp³-hybridized carbons (Fsp3) is 0.273. The second kappa shape index (κ2) is 9.22. The topological polar surface area (TPSA) is 59.4 Å². The molecule has 3 aromatic rings. The molecule has 1 aromatic heterocycles. The van der Waals surface area contributed by atoms with Crippen molar-refractivity contribution in [1.29, 1.82) is 0 Å². The number of anilines is 1. The van der Waals surface area contributed by atoms with Gasteiger partial charge in [0.2, 0.25) is 0 Å². The number of halogens is 1. The highest BCUT2D eigenvalue weighted by molar-refractivity contribution is 6.32. The van der Waals surface area contributed by atoms with Crippen molar-refractivity contribution in [3.05, 3.63) is 87.3 Å². The molecule has 0 radical (unpaired) electrons. The van der Waals surface area contributed by atoms with Gasteiger partial charge >= 0.3 is 0 Å². The number of benzene rings is 2. The van der Waals surface area contributed by atoms with Crippen LogP contribution in [0.3, 0.4) is 0 Å². The zero-order chi connectivity index (χ0) is 20.1. The molecule has 1 saturated heterocycles. The van der Waals surface area contributed by atoms with Crippen molar-refractivity contribution >= 4 is 17.3 Å². The van der Waals surface area contributed by atoms with Crippen molar-refractivity contribution in [2.24, 2.45) is 0 Å². The lowest BCUT2D eigenvalue weighted by Crippen LogP contribution is -2.35. The number of nitrogens with one attached hydrogen (secondary N) is 1. The Morgan fingerprint density at radius 1 is 1.03 bits per heavy atom. The molecule has 0 saturated carbocycles. The van der Waals surface area contributed by atoms with Crippen molar-refractivity contribution in [3.8, 4) is 5.69 Å². The molecule has 0 aliphatic carbocycles. The van der Waals surface area contributed by atoms with E-state index in [4.69, 9.17) is 16.3 Å². The van der Waals surface area contributed by atoms with E-state index in [2.05, 4.69) is 39.6 Å². The molecule has 150 valence electrons. The Morgan fingerprint density at radius 2 is 1.79 bits per heavy atom. The average Bonchev–Trinajstić information content (AvgIpc) is 2.76. The minimum Gasteiger partial charge on any atom is -0.379 e. The highest BCUT2D eigenvalue weighted by Crippen LogP contribution is 2.18. The fourth-order valence-corrected chi connectivity index (χ4v) is 3.56. The molecule has 0 amide bonds. The number of hydrogen-bond acceptors (Lipinski definition) is 5. The monoisotopic (exact) mass is 410 g/mol. The third-order valence-corrected chi connectivity index (χ3v) is 5.27. The van der Waals surface area contributed by atoms with Gasteiger partial charge < -0.3 is 10.1 Å². The average molecular weight is 411 g/mol. The third-order valence-electron chi connectivity index (χ3n) is 4.90. The van der Waals surface area contributed by atoms with Gasteiger partial charge in [-0.05, 0) is 23.3 Å². The van der Waals surface area contributed by atoms with E-state index >= 15 is 0 Å². The molecule has 6 nitrogen and oxygen atoms in total. The highest BCUT2D eigenvalue weighted by Gasteiger charge is 2.12. The van der Waals surface area contributed by atoms with Gasteiger partial charge in [-0.25, -0.2) is 0 Å². The van der Waals surface area contributed by atoms with Gasteiger partial charge in [0.05, 0.1) is 30.8 Å². The van der Waals surface area contributed by atoms with E-state index in [9.17, 15) is 4.79 Å². The molecule has 1 aliphatic heterocycles. The summed E-state index contributed by atoms with van der Waals surface area (Å²) in [7, 11) is 0.